The van der Waals surface area contributed by atoms with Crippen molar-refractivity contribution in [1.29, 1.82) is 0 Å². The standard InChI is InChI=1S/C10H14N2O3S/c11-8(5-6-13)7-16-10-3-1-9(2-4-10)12(14)15/h1-4,8,13H,5-7,11H2. The molecule has 1 unspecified atom stereocenters. The molecule has 0 saturated carbocycles. The van der Waals surface area contributed by atoms with Gasteiger partial charge in [0, 0.05) is 35.4 Å². The van der Waals surface area contributed by atoms with Crippen LogP contribution in [0.3, 0.4) is 0 Å². The zero-order chi connectivity index (χ0) is 12.0. The van der Waals surface area contributed by atoms with Gasteiger partial charge in [-0.2, -0.15) is 0 Å². The molecule has 0 aliphatic carbocycles. The van der Waals surface area contributed by atoms with Crippen molar-refractivity contribution in [2.45, 2.75) is 17.4 Å². The molecule has 0 saturated heterocycles. The summed E-state index contributed by atoms with van der Waals surface area (Å²) in [6.07, 6.45) is 0.569. The Morgan fingerprint density at radius 2 is 2.06 bits per heavy atom. The van der Waals surface area contributed by atoms with E-state index in [-0.39, 0.29) is 18.3 Å². The van der Waals surface area contributed by atoms with Crippen molar-refractivity contribution in [3.05, 3.63) is 34.4 Å². The Balaban J connectivity index is 2.46. The van der Waals surface area contributed by atoms with Crippen molar-refractivity contribution < 1.29 is 10.0 Å². The number of hydrogen-bond donors (Lipinski definition) is 2. The molecule has 0 heterocycles. The summed E-state index contributed by atoms with van der Waals surface area (Å²) in [5.74, 6) is 0.693. The predicted octanol–water partition coefficient (Wildman–Crippen LogP) is 1.40. The van der Waals surface area contributed by atoms with Crippen molar-refractivity contribution >= 4 is 17.4 Å². The number of nitrogens with two attached hydrogens (primary N) is 1. The average Bonchev–Trinajstić information content (AvgIpc) is 2.27. The number of nitro benzene ring substituents is 1. The van der Waals surface area contributed by atoms with Crippen molar-refractivity contribution in [3.8, 4) is 0 Å². The fourth-order valence-electron chi connectivity index (χ4n) is 1.12. The topological polar surface area (TPSA) is 89.4 Å². The van der Waals surface area contributed by atoms with Crippen LogP contribution >= 0.6 is 11.8 Å². The van der Waals surface area contributed by atoms with Gasteiger partial charge in [0.15, 0.2) is 0 Å². The Hall–Kier alpha value is -1.11. The predicted molar refractivity (Wildman–Crippen MR) is 63.5 cm³/mol. The Labute approximate surface area is 97.8 Å². The molecule has 0 fully saturated rings. The van der Waals surface area contributed by atoms with Crippen LogP contribution in [0.5, 0.6) is 0 Å². The van der Waals surface area contributed by atoms with Crippen molar-refractivity contribution in [2.24, 2.45) is 5.73 Å². The van der Waals surface area contributed by atoms with Gasteiger partial charge in [0.1, 0.15) is 0 Å². The summed E-state index contributed by atoms with van der Waals surface area (Å²) in [6, 6.07) is 6.30. The highest BCUT2D eigenvalue weighted by atomic mass is 32.2. The van der Waals surface area contributed by atoms with Gasteiger partial charge in [0.2, 0.25) is 0 Å². The maximum absolute atomic E-state index is 10.4. The number of rotatable bonds is 6. The van der Waals surface area contributed by atoms with Gasteiger partial charge in [-0.1, -0.05) is 0 Å². The van der Waals surface area contributed by atoms with Gasteiger partial charge in [-0.05, 0) is 18.6 Å². The molecule has 1 atom stereocenters. The second-order valence-corrected chi connectivity index (χ2v) is 4.43. The summed E-state index contributed by atoms with van der Waals surface area (Å²) in [4.78, 5) is 10.9. The van der Waals surface area contributed by atoms with E-state index in [1.807, 2.05) is 0 Å². The van der Waals surface area contributed by atoms with E-state index in [1.54, 1.807) is 12.1 Å². The number of hydrogen-bond acceptors (Lipinski definition) is 5. The van der Waals surface area contributed by atoms with Gasteiger partial charge in [-0.3, -0.25) is 10.1 Å². The molecular formula is C10H14N2O3S. The largest absolute Gasteiger partial charge is 0.396 e. The lowest BCUT2D eigenvalue weighted by atomic mass is 10.3. The van der Waals surface area contributed by atoms with Crippen LogP contribution in [0, 0.1) is 10.1 Å². The molecule has 1 aromatic carbocycles. The summed E-state index contributed by atoms with van der Waals surface area (Å²) in [6.45, 7) is 0.0853. The zero-order valence-corrected chi connectivity index (χ0v) is 9.52. The first-order valence-corrected chi connectivity index (χ1v) is 5.85. The molecule has 16 heavy (non-hydrogen) atoms. The number of aliphatic hydroxyl groups is 1. The number of benzene rings is 1. The van der Waals surface area contributed by atoms with Crippen LogP contribution in [0.4, 0.5) is 5.69 Å². The van der Waals surface area contributed by atoms with Crippen LogP contribution in [0.15, 0.2) is 29.2 Å². The maximum Gasteiger partial charge on any atom is 0.269 e. The van der Waals surface area contributed by atoms with E-state index < -0.39 is 4.92 Å². The Morgan fingerprint density at radius 3 is 2.56 bits per heavy atom. The third-order valence-electron chi connectivity index (χ3n) is 2.01. The highest BCUT2D eigenvalue weighted by Crippen LogP contribution is 2.21. The first-order chi connectivity index (χ1) is 7.63. The van der Waals surface area contributed by atoms with Crippen molar-refractivity contribution in [3.63, 3.8) is 0 Å². The molecule has 0 bridgehead atoms. The number of aliphatic hydroxyl groups excluding tert-OH is 1. The van der Waals surface area contributed by atoms with Crippen molar-refractivity contribution in [1.82, 2.24) is 0 Å². The molecule has 1 rings (SSSR count). The van der Waals surface area contributed by atoms with E-state index in [9.17, 15) is 10.1 Å². The van der Waals surface area contributed by atoms with E-state index in [2.05, 4.69) is 0 Å². The van der Waals surface area contributed by atoms with Crippen molar-refractivity contribution in [2.75, 3.05) is 12.4 Å². The van der Waals surface area contributed by atoms with Crippen LogP contribution in [-0.4, -0.2) is 28.4 Å². The number of non-ortho nitro benzene ring substituents is 1. The van der Waals surface area contributed by atoms with Gasteiger partial charge < -0.3 is 10.8 Å². The van der Waals surface area contributed by atoms with Crippen LogP contribution < -0.4 is 5.73 Å². The minimum Gasteiger partial charge on any atom is -0.396 e. The van der Waals surface area contributed by atoms with Gasteiger partial charge in [-0.15, -0.1) is 11.8 Å². The third kappa shape index (κ3) is 4.18. The number of thioether (sulfide) groups is 1. The zero-order valence-electron chi connectivity index (χ0n) is 8.70. The summed E-state index contributed by atoms with van der Waals surface area (Å²) < 4.78 is 0. The van der Waals surface area contributed by atoms with Gasteiger partial charge in [0.25, 0.3) is 5.69 Å². The molecule has 88 valence electrons. The molecule has 0 spiro atoms. The highest BCUT2D eigenvalue weighted by molar-refractivity contribution is 7.99. The summed E-state index contributed by atoms with van der Waals surface area (Å²) in [5.41, 5.74) is 5.81. The Bertz CT molecular complexity index is 342. The smallest absolute Gasteiger partial charge is 0.269 e. The van der Waals surface area contributed by atoms with Crippen LogP contribution in [0.25, 0.3) is 0 Å². The van der Waals surface area contributed by atoms with Crippen LogP contribution in [-0.2, 0) is 0 Å². The molecular weight excluding hydrogens is 228 g/mol. The second-order valence-electron chi connectivity index (χ2n) is 3.33. The molecule has 3 N–H and O–H groups in total. The Kier molecular flexibility index (Phi) is 5.24. The lowest BCUT2D eigenvalue weighted by Gasteiger charge is -2.08. The first-order valence-electron chi connectivity index (χ1n) is 4.87. The Morgan fingerprint density at radius 1 is 1.44 bits per heavy atom. The minimum atomic E-state index is -0.425. The highest BCUT2D eigenvalue weighted by Gasteiger charge is 2.06. The average molecular weight is 242 g/mol. The van der Waals surface area contributed by atoms with E-state index in [0.29, 0.717) is 12.2 Å². The molecule has 6 heteroatoms. The monoisotopic (exact) mass is 242 g/mol. The van der Waals surface area contributed by atoms with Crippen LogP contribution in [0.1, 0.15) is 6.42 Å². The van der Waals surface area contributed by atoms with E-state index in [0.717, 1.165) is 4.90 Å². The second kappa shape index (κ2) is 6.47. The molecule has 1 aromatic rings. The molecule has 0 aromatic heterocycles. The molecule has 5 nitrogen and oxygen atoms in total. The number of nitro groups is 1. The normalized spacial score (nSPS) is 12.4. The molecule has 0 radical (unpaired) electrons. The molecule has 0 aliphatic heterocycles. The summed E-state index contributed by atoms with van der Waals surface area (Å²) >= 11 is 1.53. The van der Waals surface area contributed by atoms with Crippen LogP contribution in [0.2, 0.25) is 0 Å². The fraction of sp³-hybridized carbons (Fsp3) is 0.400. The molecule has 0 aliphatic rings. The number of nitrogens with zero attached hydrogens (tertiary/aromatic N) is 1. The quantitative estimate of drug-likeness (QED) is 0.447. The van der Waals surface area contributed by atoms with E-state index >= 15 is 0 Å². The SMILES string of the molecule is NC(CCO)CSc1ccc([N+](=O)[O-])cc1. The minimum absolute atomic E-state index is 0.0507. The van der Waals surface area contributed by atoms with E-state index in [1.165, 1.54) is 23.9 Å². The molecule has 0 amide bonds. The van der Waals surface area contributed by atoms with E-state index in [4.69, 9.17) is 10.8 Å². The van der Waals surface area contributed by atoms with Gasteiger partial charge >= 0.3 is 0 Å². The lowest BCUT2D eigenvalue weighted by Crippen LogP contribution is -2.23. The third-order valence-corrected chi connectivity index (χ3v) is 3.21. The maximum atomic E-state index is 10.4. The lowest BCUT2D eigenvalue weighted by molar-refractivity contribution is -0.384. The fourth-order valence-corrected chi connectivity index (χ4v) is 2.02. The first kappa shape index (κ1) is 13.0. The van der Waals surface area contributed by atoms with Gasteiger partial charge in [-0.25, -0.2) is 0 Å². The van der Waals surface area contributed by atoms with Gasteiger partial charge in [0.05, 0.1) is 4.92 Å². The summed E-state index contributed by atoms with van der Waals surface area (Å²) in [7, 11) is 0. The summed E-state index contributed by atoms with van der Waals surface area (Å²) in [5, 5.41) is 19.1.